The maximum absolute atomic E-state index is 10.5. The molecule has 2 amide bonds. The molecule has 6 heteroatoms. The number of fused-ring (bicyclic) bond motifs is 1. The topological polar surface area (TPSA) is 85.9 Å². The summed E-state index contributed by atoms with van der Waals surface area (Å²) in [5.74, 6) is 1.55. The molecule has 0 fully saturated rings. The summed E-state index contributed by atoms with van der Waals surface area (Å²) in [5, 5.41) is 3.85. The van der Waals surface area contributed by atoms with Gasteiger partial charge in [-0.25, -0.2) is 10.2 Å². The number of amides is 2. The lowest BCUT2D eigenvalue weighted by atomic mass is 10.1. The minimum Gasteiger partial charge on any atom is -0.454 e. The van der Waals surface area contributed by atoms with E-state index in [9.17, 15) is 4.79 Å². The Hall–Kier alpha value is -2.24. The Morgan fingerprint density at radius 1 is 1.44 bits per heavy atom. The number of primary amides is 1. The molecule has 0 radical (unpaired) electrons. The van der Waals surface area contributed by atoms with Gasteiger partial charge in [0.15, 0.2) is 11.5 Å². The smallest absolute Gasteiger partial charge is 0.332 e. The van der Waals surface area contributed by atoms with E-state index < -0.39 is 6.03 Å². The Balaban J connectivity index is 1.90. The number of hydrogen-bond donors (Lipinski definition) is 2. The average Bonchev–Trinajstić information content (AvgIpc) is 2.81. The molecule has 0 saturated carbocycles. The largest absolute Gasteiger partial charge is 0.454 e. The van der Waals surface area contributed by atoms with Crippen LogP contribution < -0.4 is 20.6 Å². The molecule has 6 nitrogen and oxygen atoms in total. The van der Waals surface area contributed by atoms with Crippen molar-refractivity contribution in [2.75, 3.05) is 6.79 Å². The molecule has 0 saturated heterocycles. The average molecular weight is 249 g/mol. The van der Waals surface area contributed by atoms with E-state index in [2.05, 4.69) is 10.5 Å². The molecule has 1 aromatic carbocycles. The maximum atomic E-state index is 10.5. The first-order chi connectivity index (χ1) is 8.65. The van der Waals surface area contributed by atoms with Crippen molar-refractivity contribution in [2.45, 2.75) is 19.8 Å². The quantitative estimate of drug-likeness (QED) is 0.624. The van der Waals surface area contributed by atoms with Gasteiger partial charge in [0.25, 0.3) is 0 Å². The van der Waals surface area contributed by atoms with E-state index in [0.717, 1.165) is 35.6 Å². The van der Waals surface area contributed by atoms with E-state index in [0.29, 0.717) is 0 Å². The fourth-order valence-corrected chi connectivity index (χ4v) is 1.63. The standard InChI is InChI=1S/C12H15N3O3/c1-8(14-15-12(13)16)2-3-9-4-5-10-11(6-9)18-7-17-10/h4-6H,2-3,7H2,1H3,(H3,13,15,16)/b14-8+. The lowest BCUT2D eigenvalue weighted by Gasteiger charge is -2.03. The maximum Gasteiger partial charge on any atom is 0.332 e. The molecule has 0 spiro atoms. The van der Waals surface area contributed by atoms with Crippen LogP contribution in [0.2, 0.25) is 0 Å². The van der Waals surface area contributed by atoms with Crippen LogP contribution in [0.3, 0.4) is 0 Å². The van der Waals surface area contributed by atoms with Gasteiger partial charge in [-0.1, -0.05) is 6.07 Å². The minimum absolute atomic E-state index is 0.280. The van der Waals surface area contributed by atoms with Crippen LogP contribution in [0.15, 0.2) is 23.3 Å². The van der Waals surface area contributed by atoms with Crippen molar-refractivity contribution in [2.24, 2.45) is 10.8 Å². The summed E-state index contributed by atoms with van der Waals surface area (Å²) in [4.78, 5) is 10.5. The number of carbonyl (C=O) groups is 1. The van der Waals surface area contributed by atoms with Gasteiger partial charge in [0, 0.05) is 5.71 Å². The zero-order valence-electron chi connectivity index (χ0n) is 10.1. The summed E-state index contributed by atoms with van der Waals surface area (Å²) in [7, 11) is 0. The first kappa shape index (κ1) is 12.2. The van der Waals surface area contributed by atoms with Crippen molar-refractivity contribution < 1.29 is 14.3 Å². The fourth-order valence-electron chi connectivity index (χ4n) is 1.63. The van der Waals surface area contributed by atoms with E-state index in [4.69, 9.17) is 15.2 Å². The first-order valence-electron chi connectivity index (χ1n) is 5.62. The minimum atomic E-state index is -0.655. The summed E-state index contributed by atoms with van der Waals surface area (Å²) in [6.45, 7) is 2.12. The molecule has 1 aliphatic rings. The van der Waals surface area contributed by atoms with Gasteiger partial charge in [0.05, 0.1) is 0 Å². The number of benzene rings is 1. The van der Waals surface area contributed by atoms with E-state index in [-0.39, 0.29) is 6.79 Å². The van der Waals surface area contributed by atoms with Crippen LogP contribution in [-0.2, 0) is 6.42 Å². The van der Waals surface area contributed by atoms with Crippen molar-refractivity contribution in [3.8, 4) is 11.5 Å². The fraction of sp³-hybridized carbons (Fsp3) is 0.333. The normalized spacial score (nSPS) is 13.5. The predicted molar refractivity (Wildman–Crippen MR) is 66.7 cm³/mol. The number of nitrogens with two attached hydrogens (primary N) is 1. The molecule has 18 heavy (non-hydrogen) atoms. The van der Waals surface area contributed by atoms with Crippen molar-refractivity contribution in [3.63, 3.8) is 0 Å². The predicted octanol–water partition coefficient (Wildman–Crippen LogP) is 1.39. The second-order valence-electron chi connectivity index (χ2n) is 4.01. The number of urea groups is 1. The molecule has 0 atom stereocenters. The highest BCUT2D eigenvalue weighted by Crippen LogP contribution is 2.32. The molecule has 1 aromatic rings. The highest BCUT2D eigenvalue weighted by Gasteiger charge is 2.12. The van der Waals surface area contributed by atoms with Crippen LogP contribution >= 0.6 is 0 Å². The number of hydrogen-bond acceptors (Lipinski definition) is 4. The number of nitrogens with zero attached hydrogens (tertiary/aromatic N) is 1. The van der Waals surface area contributed by atoms with Crippen molar-refractivity contribution in [1.29, 1.82) is 0 Å². The summed E-state index contributed by atoms with van der Waals surface area (Å²) in [6, 6.07) is 5.18. The summed E-state index contributed by atoms with van der Waals surface area (Å²) < 4.78 is 10.5. The highest BCUT2D eigenvalue weighted by molar-refractivity contribution is 5.83. The van der Waals surface area contributed by atoms with E-state index in [1.165, 1.54) is 0 Å². The van der Waals surface area contributed by atoms with Gasteiger partial charge in [0.1, 0.15) is 0 Å². The number of carbonyl (C=O) groups excluding carboxylic acids is 1. The zero-order valence-corrected chi connectivity index (χ0v) is 10.1. The number of nitrogens with one attached hydrogen (secondary N) is 1. The number of ether oxygens (including phenoxy) is 2. The van der Waals surface area contributed by atoms with Crippen LogP contribution in [0.5, 0.6) is 11.5 Å². The monoisotopic (exact) mass is 249 g/mol. The molecular formula is C12H15N3O3. The van der Waals surface area contributed by atoms with Crippen molar-refractivity contribution in [3.05, 3.63) is 23.8 Å². The van der Waals surface area contributed by atoms with E-state index >= 15 is 0 Å². The number of hydrazone groups is 1. The van der Waals surface area contributed by atoms with Crippen molar-refractivity contribution in [1.82, 2.24) is 5.43 Å². The third-order valence-corrected chi connectivity index (χ3v) is 2.57. The summed E-state index contributed by atoms with van der Waals surface area (Å²) in [5.41, 5.74) is 9.07. The van der Waals surface area contributed by atoms with Gasteiger partial charge < -0.3 is 15.2 Å². The number of aryl methyl sites for hydroxylation is 1. The summed E-state index contributed by atoms with van der Waals surface area (Å²) in [6.07, 6.45) is 1.55. The van der Waals surface area contributed by atoms with E-state index in [1.807, 2.05) is 25.1 Å². The zero-order chi connectivity index (χ0) is 13.0. The molecule has 2 rings (SSSR count). The van der Waals surface area contributed by atoms with Crippen LogP contribution in [0.1, 0.15) is 18.9 Å². The van der Waals surface area contributed by atoms with Gasteiger partial charge in [-0.15, -0.1) is 0 Å². The van der Waals surface area contributed by atoms with Gasteiger partial charge >= 0.3 is 6.03 Å². The summed E-state index contributed by atoms with van der Waals surface area (Å²) >= 11 is 0. The first-order valence-corrected chi connectivity index (χ1v) is 5.62. The van der Waals surface area contributed by atoms with Gasteiger partial charge in [0.2, 0.25) is 6.79 Å². The third-order valence-electron chi connectivity index (χ3n) is 2.57. The Labute approximate surface area is 105 Å². The Morgan fingerprint density at radius 3 is 3.00 bits per heavy atom. The number of rotatable bonds is 4. The molecule has 0 aliphatic carbocycles. The Kier molecular flexibility index (Phi) is 3.66. The van der Waals surface area contributed by atoms with Crippen molar-refractivity contribution >= 4 is 11.7 Å². The molecule has 96 valence electrons. The van der Waals surface area contributed by atoms with Crippen LogP contribution in [0.4, 0.5) is 4.79 Å². The van der Waals surface area contributed by atoms with E-state index in [1.54, 1.807) is 0 Å². The van der Waals surface area contributed by atoms with Crippen LogP contribution in [0, 0.1) is 0 Å². The molecule has 0 unspecified atom stereocenters. The van der Waals surface area contributed by atoms with Crippen LogP contribution in [0.25, 0.3) is 0 Å². The molecule has 3 N–H and O–H groups in total. The Morgan fingerprint density at radius 2 is 2.22 bits per heavy atom. The highest BCUT2D eigenvalue weighted by atomic mass is 16.7. The Bertz CT molecular complexity index is 485. The second kappa shape index (κ2) is 5.39. The molecule has 1 heterocycles. The molecule has 1 aliphatic heterocycles. The lowest BCUT2D eigenvalue weighted by Crippen LogP contribution is -2.25. The third kappa shape index (κ3) is 3.13. The second-order valence-corrected chi connectivity index (χ2v) is 4.01. The van der Waals surface area contributed by atoms with Gasteiger partial charge in [-0.05, 0) is 37.5 Å². The van der Waals surface area contributed by atoms with Gasteiger partial charge in [-0.2, -0.15) is 5.10 Å². The van der Waals surface area contributed by atoms with Crippen LogP contribution in [-0.4, -0.2) is 18.5 Å². The molecular weight excluding hydrogens is 234 g/mol. The van der Waals surface area contributed by atoms with Gasteiger partial charge in [-0.3, -0.25) is 0 Å². The SMILES string of the molecule is C/C(CCc1ccc2c(c1)OCO2)=N\NC(N)=O. The molecule has 0 bridgehead atoms. The lowest BCUT2D eigenvalue weighted by molar-refractivity contribution is 0.174. The molecule has 0 aromatic heterocycles.